The molecule has 0 fully saturated rings. The van der Waals surface area contributed by atoms with Gasteiger partial charge < -0.3 is 5.11 Å². The Bertz CT molecular complexity index is 1290. The van der Waals surface area contributed by atoms with Crippen LogP contribution < -0.4 is 0 Å². The first kappa shape index (κ1) is 31.9. The predicted molar refractivity (Wildman–Crippen MR) is 156 cm³/mol. The number of hydrogen-bond donors (Lipinski definition) is 1. The third kappa shape index (κ3) is 8.61. The van der Waals surface area contributed by atoms with Gasteiger partial charge in [-0.2, -0.15) is 0 Å². The number of aromatic nitrogens is 1. The van der Waals surface area contributed by atoms with E-state index in [9.17, 15) is 9.90 Å². The molecular formula is C34H44IrNO2-. The van der Waals surface area contributed by atoms with Crippen LogP contribution in [0.2, 0.25) is 0 Å². The molecule has 1 aliphatic carbocycles. The molecule has 0 atom stereocenters. The van der Waals surface area contributed by atoms with Gasteiger partial charge in [-0.25, -0.2) is 0 Å². The molecule has 1 heterocycles. The fourth-order valence-electron chi connectivity index (χ4n) is 5.15. The van der Waals surface area contributed by atoms with E-state index in [2.05, 4.69) is 64.1 Å². The second-order valence-electron chi connectivity index (χ2n) is 11.9. The number of pyridine rings is 1. The minimum absolute atomic E-state index is 0. The van der Waals surface area contributed by atoms with E-state index in [0.29, 0.717) is 30.6 Å². The maximum Gasteiger partial charge on any atom is 0.159 e. The molecule has 0 amide bonds. The average molecular weight is 691 g/mol. The molecule has 0 saturated carbocycles. The molecule has 1 aliphatic rings. The second-order valence-corrected chi connectivity index (χ2v) is 11.9. The van der Waals surface area contributed by atoms with Crippen LogP contribution in [0.5, 0.6) is 0 Å². The van der Waals surface area contributed by atoms with E-state index in [4.69, 9.17) is 4.98 Å². The summed E-state index contributed by atoms with van der Waals surface area (Å²) in [4.78, 5) is 16.3. The van der Waals surface area contributed by atoms with E-state index in [-0.39, 0.29) is 31.6 Å². The van der Waals surface area contributed by atoms with Gasteiger partial charge in [-0.15, -0.1) is 34.4 Å². The van der Waals surface area contributed by atoms with Crippen LogP contribution in [0.4, 0.5) is 0 Å². The van der Waals surface area contributed by atoms with Gasteiger partial charge in [0.05, 0.1) is 11.3 Å². The van der Waals surface area contributed by atoms with E-state index in [0.717, 1.165) is 30.5 Å². The second kappa shape index (κ2) is 14.2. The number of aliphatic hydroxyl groups excluding tert-OH is 1. The van der Waals surface area contributed by atoms with Gasteiger partial charge in [-0.3, -0.25) is 9.78 Å². The molecule has 0 saturated heterocycles. The van der Waals surface area contributed by atoms with E-state index < -0.39 is 0 Å². The molecule has 1 radical (unpaired) electrons. The zero-order valence-corrected chi connectivity index (χ0v) is 26.8. The molecule has 2 aromatic carbocycles. The monoisotopic (exact) mass is 691 g/mol. The Morgan fingerprint density at radius 2 is 1.68 bits per heavy atom. The van der Waals surface area contributed by atoms with Crippen molar-refractivity contribution in [2.75, 3.05) is 0 Å². The minimum Gasteiger partial charge on any atom is -0.512 e. The normalized spacial score (nSPS) is 12.7. The molecule has 3 aromatic rings. The number of ketones is 1. The predicted octanol–water partition coefficient (Wildman–Crippen LogP) is 8.70. The number of allylic oxidation sites excluding steroid dienone is 2. The largest absolute Gasteiger partial charge is 0.512 e. The molecule has 4 rings (SSSR count). The zero-order chi connectivity index (χ0) is 27.3. The molecular weight excluding hydrogens is 647 g/mol. The standard InChI is InChI=1S/C23H24N.C11H20O2.Ir/c1-14(2)10-17-6-5-7-22-20(17)13-18-8-9-19-16(4)11-15(3)12-21(19)23(18)24-22;1-8(2)5-10(12)7-11(13)6-9(3)4;/h5-7,11,13-14H,8-10H2,1-4H3;7-9,12H,5-6H2,1-4H3;/q-1;;/b;10-7-;. The molecule has 4 heteroatoms. The van der Waals surface area contributed by atoms with Gasteiger partial charge in [-0.05, 0) is 47.9 Å². The van der Waals surface area contributed by atoms with Crippen molar-refractivity contribution in [2.45, 2.75) is 87.5 Å². The third-order valence-electron chi connectivity index (χ3n) is 6.63. The fourth-order valence-corrected chi connectivity index (χ4v) is 5.15. The van der Waals surface area contributed by atoms with Crippen LogP contribution in [-0.4, -0.2) is 15.9 Å². The number of nitrogens with zero attached hydrogens (tertiary/aromatic N) is 1. The first-order valence-electron chi connectivity index (χ1n) is 13.8. The van der Waals surface area contributed by atoms with Crippen molar-refractivity contribution in [3.05, 3.63) is 76.1 Å². The summed E-state index contributed by atoms with van der Waals surface area (Å²) in [6.07, 6.45) is 5.76. The first-order chi connectivity index (χ1) is 17.4. The summed E-state index contributed by atoms with van der Waals surface area (Å²) < 4.78 is 0. The van der Waals surface area contributed by atoms with Gasteiger partial charge in [0.1, 0.15) is 0 Å². The van der Waals surface area contributed by atoms with Gasteiger partial charge in [0.2, 0.25) is 0 Å². The molecule has 0 unspecified atom stereocenters. The number of benzene rings is 2. The number of aryl methyl sites for hydroxylation is 3. The number of hydrogen-bond acceptors (Lipinski definition) is 3. The Morgan fingerprint density at radius 1 is 1.00 bits per heavy atom. The summed E-state index contributed by atoms with van der Waals surface area (Å²) in [6, 6.07) is 14.8. The Kier molecular flexibility index (Phi) is 11.9. The summed E-state index contributed by atoms with van der Waals surface area (Å²) >= 11 is 0. The van der Waals surface area contributed by atoms with Gasteiger partial charge in [0.25, 0.3) is 0 Å². The number of fused-ring (bicyclic) bond motifs is 4. The summed E-state index contributed by atoms with van der Waals surface area (Å²) in [5.74, 6) is 1.64. The van der Waals surface area contributed by atoms with Crippen molar-refractivity contribution >= 4 is 16.7 Å². The van der Waals surface area contributed by atoms with Crippen LogP contribution in [0.1, 0.15) is 82.2 Å². The molecule has 1 N–H and O–H groups in total. The van der Waals surface area contributed by atoms with Gasteiger partial charge in [0.15, 0.2) is 5.78 Å². The maximum absolute atomic E-state index is 11.2. The van der Waals surface area contributed by atoms with Crippen molar-refractivity contribution in [2.24, 2.45) is 17.8 Å². The number of aliphatic hydroxyl groups is 1. The summed E-state index contributed by atoms with van der Waals surface area (Å²) in [7, 11) is 0. The fraction of sp³-hybridized carbons (Fsp3) is 0.471. The number of carbonyl (C=O) groups excluding carboxylic acids is 1. The van der Waals surface area contributed by atoms with Crippen molar-refractivity contribution in [3.63, 3.8) is 0 Å². The Labute approximate surface area is 243 Å². The summed E-state index contributed by atoms with van der Waals surface area (Å²) in [5, 5.41) is 10.7. The maximum atomic E-state index is 11.2. The van der Waals surface area contributed by atoms with Gasteiger partial charge in [-0.1, -0.05) is 85.6 Å². The summed E-state index contributed by atoms with van der Waals surface area (Å²) in [5.41, 5.74) is 10.3. The Hall–Kier alpha value is -2.29. The smallest absolute Gasteiger partial charge is 0.159 e. The van der Waals surface area contributed by atoms with Crippen LogP contribution in [0.3, 0.4) is 0 Å². The van der Waals surface area contributed by atoms with Crippen LogP contribution in [0.25, 0.3) is 22.2 Å². The van der Waals surface area contributed by atoms with Crippen molar-refractivity contribution in [3.8, 4) is 11.3 Å². The molecule has 207 valence electrons. The first-order valence-corrected chi connectivity index (χ1v) is 13.8. The van der Waals surface area contributed by atoms with E-state index in [1.54, 1.807) is 0 Å². The van der Waals surface area contributed by atoms with Crippen LogP contribution in [-0.2, 0) is 44.2 Å². The average Bonchev–Trinajstić information content (AvgIpc) is 2.77. The quantitative estimate of drug-likeness (QED) is 0.153. The minimum atomic E-state index is 0. The number of rotatable bonds is 7. The van der Waals surface area contributed by atoms with E-state index >= 15 is 0 Å². The van der Waals surface area contributed by atoms with Crippen molar-refractivity contribution in [1.82, 2.24) is 4.98 Å². The Morgan fingerprint density at radius 3 is 2.32 bits per heavy atom. The molecule has 38 heavy (non-hydrogen) atoms. The van der Waals surface area contributed by atoms with E-state index in [1.807, 2.05) is 27.7 Å². The Balaban J connectivity index is 0.000000313. The van der Waals surface area contributed by atoms with Crippen LogP contribution in [0, 0.1) is 37.7 Å². The molecule has 0 spiro atoms. The van der Waals surface area contributed by atoms with Crippen molar-refractivity contribution in [1.29, 1.82) is 0 Å². The van der Waals surface area contributed by atoms with Crippen LogP contribution in [0.15, 0.2) is 42.2 Å². The molecule has 3 nitrogen and oxygen atoms in total. The molecule has 0 bridgehead atoms. The van der Waals surface area contributed by atoms with Crippen LogP contribution >= 0.6 is 0 Å². The van der Waals surface area contributed by atoms with Crippen molar-refractivity contribution < 1.29 is 30.0 Å². The number of carbonyl (C=O) groups is 1. The molecule has 0 aliphatic heterocycles. The van der Waals surface area contributed by atoms with Gasteiger partial charge >= 0.3 is 0 Å². The topological polar surface area (TPSA) is 50.2 Å². The molecule has 1 aromatic heterocycles. The SMILES string of the molecule is CC(C)CC(=O)/C=C(\O)CC(C)C.Cc1[c-]c2c(c(C)c1)CCc1cc3c(CC(C)C)cccc3nc1-2.[Ir]. The van der Waals surface area contributed by atoms with Gasteiger partial charge in [0, 0.05) is 44.4 Å². The third-order valence-corrected chi connectivity index (χ3v) is 6.63. The van der Waals surface area contributed by atoms with E-state index in [1.165, 1.54) is 44.8 Å². The summed E-state index contributed by atoms with van der Waals surface area (Å²) in [6.45, 7) is 16.9. The zero-order valence-electron chi connectivity index (χ0n) is 24.4.